The van der Waals surface area contributed by atoms with Gasteiger partial charge in [-0.05, 0) is 43.1 Å². The molecule has 1 aromatic carbocycles. The highest BCUT2D eigenvalue weighted by atomic mass is 16.5. The number of carbonyl (C=O) groups is 1. The summed E-state index contributed by atoms with van der Waals surface area (Å²) in [5.41, 5.74) is 2.24. The molecule has 0 aromatic heterocycles. The van der Waals surface area contributed by atoms with Crippen LogP contribution in [0.2, 0.25) is 0 Å². The normalized spacial score (nSPS) is 18.9. The lowest BCUT2D eigenvalue weighted by atomic mass is 10.0. The van der Waals surface area contributed by atoms with E-state index in [9.17, 15) is 4.79 Å². The Morgan fingerprint density at radius 1 is 1.38 bits per heavy atom. The topological polar surface area (TPSA) is 41.6 Å². The highest BCUT2D eigenvalue weighted by molar-refractivity contribution is 5.72. The lowest BCUT2D eigenvalue weighted by Crippen LogP contribution is -2.26. The number of carbonyl (C=O) groups excluding carboxylic acids is 1. The molecule has 116 valence electrons. The van der Waals surface area contributed by atoms with E-state index in [2.05, 4.69) is 23.2 Å². The van der Waals surface area contributed by atoms with Crippen LogP contribution < -0.4 is 5.32 Å². The van der Waals surface area contributed by atoms with E-state index in [0.717, 1.165) is 31.1 Å². The predicted molar refractivity (Wildman–Crippen MR) is 84.1 cm³/mol. The van der Waals surface area contributed by atoms with Gasteiger partial charge in [0.25, 0.3) is 0 Å². The van der Waals surface area contributed by atoms with Crippen LogP contribution in [0.25, 0.3) is 0 Å². The first-order valence-electron chi connectivity index (χ1n) is 7.79. The molecule has 1 aromatic rings. The van der Waals surface area contributed by atoms with Crippen LogP contribution in [0, 0.1) is 5.92 Å². The minimum atomic E-state index is -0.183. The summed E-state index contributed by atoms with van der Waals surface area (Å²) in [6.45, 7) is 7.66. The number of hydrogen-bond acceptors (Lipinski definition) is 4. The van der Waals surface area contributed by atoms with Gasteiger partial charge in [0.2, 0.25) is 0 Å². The molecular formula is C17H26N2O2. The Morgan fingerprint density at radius 3 is 2.81 bits per heavy atom. The number of ether oxygens (including phenoxy) is 1. The Kier molecular flexibility index (Phi) is 6.21. The summed E-state index contributed by atoms with van der Waals surface area (Å²) in [5, 5.41) is 3.54. The molecule has 0 radical (unpaired) electrons. The van der Waals surface area contributed by atoms with E-state index >= 15 is 0 Å². The molecule has 21 heavy (non-hydrogen) atoms. The maximum Gasteiger partial charge on any atom is 0.309 e. The largest absolute Gasteiger partial charge is 0.469 e. The van der Waals surface area contributed by atoms with Crippen molar-refractivity contribution in [3.05, 3.63) is 35.4 Å². The third kappa shape index (κ3) is 4.83. The molecule has 0 saturated carbocycles. The molecule has 1 N–H and O–H groups in total. The molecule has 0 bridgehead atoms. The quantitative estimate of drug-likeness (QED) is 0.778. The van der Waals surface area contributed by atoms with Crippen molar-refractivity contribution in [3.63, 3.8) is 0 Å². The molecular weight excluding hydrogens is 264 g/mol. The summed E-state index contributed by atoms with van der Waals surface area (Å²) in [6.07, 6.45) is 1.63. The second-order valence-corrected chi connectivity index (χ2v) is 5.70. The maximum absolute atomic E-state index is 11.4. The summed E-state index contributed by atoms with van der Waals surface area (Å²) in [4.78, 5) is 13.9. The second-order valence-electron chi connectivity index (χ2n) is 5.70. The van der Waals surface area contributed by atoms with E-state index < -0.39 is 0 Å². The fourth-order valence-corrected chi connectivity index (χ4v) is 2.91. The van der Waals surface area contributed by atoms with Crippen molar-refractivity contribution in [2.75, 3.05) is 33.3 Å². The van der Waals surface area contributed by atoms with Crippen LogP contribution in [0.3, 0.4) is 0 Å². The van der Waals surface area contributed by atoms with Crippen molar-refractivity contribution in [2.24, 2.45) is 5.92 Å². The Bertz CT molecular complexity index is 462. The van der Waals surface area contributed by atoms with Crippen LogP contribution in [0.4, 0.5) is 0 Å². The summed E-state index contributed by atoms with van der Waals surface area (Å²) in [7, 11) is 1.43. The summed E-state index contributed by atoms with van der Waals surface area (Å²) >= 11 is 0. The molecule has 2 rings (SSSR count). The summed E-state index contributed by atoms with van der Waals surface area (Å²) in [5.74, 6) is 0.564. The molecule has 0 amide bonds. The standard InChI is InChI=1S/C17H26N2O2/c1-3-19-9-8-14(13-19)11-18-12-16-7-5-4-6-15(16)10-17(20)21-2/h4-7,14,18H,3,8-13H2,1-2H3. The van der Waals surface area contributed by atoms with Crippen molar-refractivity contribution < 1.29 is 9.53 Å². The molecule has 1 saturated heterocycles. The zero-order chi connectivity index (χ0) is 15.1. The minimum Gasteiger partial charge on any atom is -0.469 e. The molecule has 1 aliphatic rings. The van der Waals surface area contributed by atoms with Gasteiger partial charge in [-0.3, -0.25) is 4.79 Å². The van der Waals surface area contributed by atoms with E-state index in [1.54, 1.807) is 0 Å². The number of nitrogens with zero attached hydrogens (tertiary/aromatic N) is 1. The van der Waals surface area contributed by atoms with Gasteiger partial charge in [-0.1, -0.05) is 31.2 Å². The Hall–Kier alpha value is -1.39. The van der Waals surface area contributed by atoms with E-state index in [1.807, 2.05) is 18.2 Å². The molecule has 0 spiro atoms. The van der Waals surface area contributed by atoms with Gasteiger partial charge >= 0.3 is 5.97 Å². The van der Waals surface area contributed by atoms with Gasteiger partial charge in [0, 0.05) is 13.1 Å². The monoisotopic (exact) mass is 290 g/mol. The zero-order valence-electron chi connectivity index (χ0n) is 13.1. The van der Waals surface area contributed by atoms with Gasteiger partial charge in [-0.2, -0.15) is 0 Å². The van der Waals surface area contributed by atoms with Crippen molar-refractivity contribution in [2.45, 2.75) is 26.3 Å². The lowest BCUT2D eigenvalue weighted by molar-refractivity contribution is -0.139. The third-order valence-electron chi connectivity index (χ3n) is 4.25. The van der Waals surface area contributed by atoms with Crippen LogP contribution in [0.5, 0.6) is 0 Å². The first-order chi connectivity index (χ1) is 10.2. The lowest BCUT2D eigenvalue weighted by Gasteiger charge is -2.15. The number of likely N-dealkylation sites (tertiary alicyclic amines) is 1. The van der Waals surface area contributed by atoms with Crippen molar-refractivity contribution >= 4 is 5.97 Å². The number of esters is 1. The van der Waals surface area contributed by atoms with Gasteiger partial charge < -0.3 is 15.0 Å². The Balaban J connectivity index is 1.81. The van der Waals surface area contributed by atoms with Crippen molar-refractivity contribution in [3.8, 4) is 0 Å². The number of rotatable bonds is 7. The first-order valence-corrected chi connectivity index (χ1v) is 7.79. The zero-order valence-corrected chi connectivity index (χ0v) is 13.1. The summed E-state index contributed by atoms with van der Waals surface area (Å²) in [6, 6.07) is 8.07. The molecule has 0 aliphatic carbocycles. The summed E-state index contributed by atoms with van der Waals surface area (Å²) < 4.78 is 4.75. The highest BCUT2D eigenvalue weighted by Gasteiger charge is 2.20. The maximum atomic E-state index is 11.4. The predicted octanol–water partition coefficient (Wildman–Crippen LogP) is 1.83. The van der Waals surface area contributed by atoms with Gasteiger partial charge in [0.05, 0.1) is 13.5 Å². The number of methoxy groups -OCH3 is 1. The highest BCUT2D eigenvalue weighted by Crippen LogP contribution is 2.15. The van der Waals surface area contributed by atoms with E-state index in [4.69, 9.17) is 4.74 Å². The fourth-order valence-electron chi connectivity index (χ4n) is 2.91. The van der Waals surface area contributed by atoms with E-state index in [0.29, 0.717) is 6.42 Å². The number of hydrogen-bond donors (Lipinski definition) is 1. The van der Waals surface area contributed by atoms with E-state index in [-0.39, 0.29) is 5.97 Å². The van der Waals surface area contributed by atoms with Gasteiger partial charge in [-0.25, -0.2) is 0 Å². The average molecular weight is 290 g/mol. The van der Waals surface area contributed by atoms with Gasteiger partial charge in [0.15, 0.2) is 0 Å². The fraction of sp³-hybridized carbons (Fsp3) is 0.588. The molecule has 1 fully saturated rings. The minimum absolute atomic E-state index is 0.183. The second kappa shape index (κ2) is 8.15. The van der Waals surface area contributed by atoms with Gasteiger partial charge in [-0.15, -0.1) is 0 Å². The average Bonchev–Trinajstić information content (AvgIpc) is 2.97. The SMILES string of the molecule is CCN1CCC(CNCc2ccccc2CC(=O)OC)C1. The van der Waals surface area contributed by atoms with E-state index in [1.165, 1.54) is 32.2 Å². The molecule has 1 heterocycles. The number of nitrogens with one attached hydrogen (secondary N) is 1. The van der Waals surface area contributed by atoms with Crippen molar-refractivity contribution in [1.29, 1.82) is 0 Å². The Morgan fingerprint density at radius 2 is 2.14 bits per heavy atom. The Labute approximate surface area is 127 Å². The van der Waals surface area contributed by atoms with Crippen molar-refractivity contribution in [1.82, 2.24) is 10.2 Å². The molecule has 1 aliphatic heterocycles. The molecule has 4 nitrogen and oxygen atoms in total. The molecule has 1 atom stereocenters. The van der Waals surface area contributed by atoms with Gasteiger partial charge in [0.1, 0.15) is 0 Å². The van der Waals surface area contributed by atoms with Crippen LogP contribution in [-0.4, -0.2) is 44.2 Å². The number of benzene rings is 1. The first kappa shape index (κ1) is 16.0. The molecule has 4 heteroatoms. The van der Waals surface area contributed by atoms with Crippen LogP contribution in [-0.2, 0) is 22.5 Å². The van der Waals surface area contributed by atoms with Crippen LogP contribution in [0.1, 0.15) is 24.5 Å². The molecule has 1 unspecified atom stereocenters. The third-order valence-corrected chi connectivity index (χ3v) is 4.25. The van der Waals surface area contributed by atoms with Crippen LogP contribution >= 0.6 is 0 Å². The smallest absolute Gasteiger partial charge is 0.309 e. The van der Waals surface area contributed by atoms with Crippen LogP contribution in [0.15, 0.2) is 24.3 Å².